The van der Waals surface area contributed by atoms with Gasteiger partial charge in [0.15, 0.2) is 17.3 Å². The van der Waals surface area contributed by atoms with Gasteiger partial charge in [-0.3, -0.25) is 4.79 Å². The summed E-state index contributed by atoms with van der Waals surface area (Å²) in [5, 5.41) is 5.38. The Morgan fingerprint density at radius 3 is 2.50 bits per heavy atom. The Hall–Kier alpha value is -2.24. The number of hydrogen-bond acceptors (Lipinski definition) is 4. The van der Waals surface area contributed by atoms with Crippen LogP contribution in [0.15, 0.2) is 18.2 Å². The number of ketones is 1. The number of benzene rings is 1. The van der Waals surface area contributed by atoms with E-state index in [4.69, 9.17) is 9.47 Å². The lowest BCUT2D eigenvalue weighted by atomic mass is 9.97. The van der Waals surface area contributed by atoms with Crippen LogP contribution in [0.2, 0.25) is 0 Å². The number of ether oxygens (including phenoxy) is 2. The molecular formula is C14H18N2O4. The summed E-state index contributed by atoms with van der Waals surface area (Å²) >= 11 is 0. The number of amides is 2. The molecule has 1 aromatic carbocycles. The highest BCUT2D eigenvalue weighted by molar-refractivity contribution is 6.04. The standard InChI is InChI=1S/C14H18N2O4/c1-4-9-12(16-14(18)15-9)13(17)8-5-6-10(19-2)11(7-8)20-3/h5-7,9,12H,4H2,1-3H3,(H2,15,16,18). The molecule has 1 heterocycles. The topological polar surface area (TPSA) is 76.7 Å². The summed E-state index contributed by atoms with van der Waals surface area (Å²) in [6.07, 6.45) is 0.683. The molecule has 108 valence electrons. The van der Waals surface area contributed by atoms with Gasteiger partial charge in [-0.25, -0.2) is 4.79 Å². The van der Waals surface area contributed by atoms with Crippen LogP contribution in [-0.4, -0.2) is 38.1 Å². The molecule has 0 aliphatic carbocycles. The van der Waals surface area contributed by atoms with Gasteiger partial charge in [0.25, 0.3) is 0 Å². The van der Waals surface area contributed by atoms with Crippen LogP contribution < -0.4 is 20.1 Å². The number of rotatable bonds is 5. The summed E-state index contributed by atoms with van der Waals surface area (Å²) in [4.78, 5) is 23.8. The van der Waals surface area contributed by atoms with Gasteiger partial charge in [0.2, 0.25) is 0 Å². The second-order valence-corrected chi connectivity index (χ2v) is 4.54. The van der Waals surface area contributed by atoms with Gasteiger partial charge in [0.1, 0.15) is 6.04 Å². The van der Waals surface area contributed by atoms with Crippen LogP contribution in [0, 0.1) is 0 Å². The first kappa shape index (κ1) is 14.2. The van der Waals surface area contributed by atoms with E-state index in [0.29, 0.717) is 23.5 Å². The maximum atomic E-state index is 12.5. The van der Waals surface area contributed by atoms with E-state index < -0.39 is 6.04 Å². The van der Waals surface area contributed by atoms with Gasteiger partial charge in [-0.15, -0.1) is 0 Å². The van der Waals surface area contributed by atoms with E-state index in [1.165, 1.54) is 14.2 Å². The van der Waals surface area contributed by atoms with Crippen LogP contribution in [0.4, 0.5) is 4.79 Å². The average molecular weight is 278 g/mol. The van der Waals surface area contributed by atoms with E-state index >= 15 is 0 Å². The minimum atomic E-state index is -0.550. The molecule has 2 rings (SSSR count). The van der Waals surface area contributed by atoms with E-state index in [0.717, 1.165) is 0 Å². The fraction of sp³-hybridized carbons (Fsp3) is 0.429. The lowest BCUT2D eigenvalue weighted by molar-refractivity contribution is 0.0942. The number of nitrogens with one attached hydrogen (secondary N) is 2. The molecule has 0 aromatic heterocycles. The summed E-state index contributed by atoms with van der Waals surface area (Å²) in [5.41, 5.74) is 0.482. The molecule has 0 saturated carbocycles. The number of urea groups is 1. The average Bonchev–Trinajstić information content (AvgIpc) is 2.86. The maximum absolute atomic E-state index is 12.5. The number of methoxy groups -OCH3 is 2. The van der Waals surface area contributed by atoms with Gasteiger partial charge in [-0.1, -0.05) is 6.92 Å². The number of hydrogen-bond donors (Lipinski definition) is 2. The Balaban J connectivity index is 2.27. The zero-order valence-electron chi connectivity index (χ0n) is 11.7. The fourth-order valence-electron chi connectivity index (χ4n) is 2.29. The molecule has 2 N–H and O–H groups in total. The predicted octanol–water partition coefficient (Wildman–Crippen LogP) is 1.35. The van der Waals surface area contributed by atoms with Gasteiger partial charge in [-0.2, -0.15) is 0 Å². The monoisotopic (exact) mass is 278 g/mol. The van der Waals surface area contributed by atoms with Crippen molar-refractivity contribution < 1.29 is 19.1 Å². The molecule has 1 aliphatic heterocycles. The normalized spacial score (nSPS) is 21.1. The first-order valence-corrected chi connectivity index (χ1v) is 6.44. The largest absolute Gasteiger partial charge is 0.493 e. The Bertz CT molecular complexity index is 530. The lowest BCUT2D eigenvalue weighted by Crippen LogP contribution is -2.40. The Labute approximate surface area is 117 Å². The van der Waals surface area contributed by atoms with Crippen LogP contribution in [0.1, 0.15) is 23.7 Å². The third-order valence-electron chi connectivity index (χ3n) is 3.40. The molecule has 1 saturated heterocycles. The van der Waals surface area contributed by atoms with Gasteiger partial charge >= 0.3 is 6.03 Å². The molecule has 0 spiro atoms. The van der Waals surface area contributed by atoms with Crippen molar-refractivity contribution in [2.75, 3.05) is 14.2 Å². The molecule has 6 nitrogen and oxygen atoms in total. The van der Waals surface area contributed by atoms with E-state index in [9.17, 15) is 9.59 Å². The van der Waals surface area contributed by atoms with Crippen molar-refractivity contribution in [1.29, 1.82) is 0 Å². The van der Waals surface area contributed by atoms with Crippen LogP contribution in [-0.2, 0) is 0 Å². The van der Waals surface area contributed by atoms with E-state index in [1.807, 2.05) is 6.92 Å². The second kappa shape index (κ2) is 5.81. The Morgan fingerprint density at radius 1 is 1.20 bits per heavy atom. The zero-order chi connectivity index (χ0) is 14.7. The number of Topliss-reactive ketones (excluding diaryl/α,β-unsaturated/α-hetero) is 1. The van der Waals surface area contributed by atoms with Crippen molar-refractivity contribution in [3.8, 4) is 11.5 Å². The van der Waals surface area contributed by atoms with Gasteiger partial charge in [0.05, 0.1) is 20.3 Å². The van der Waals surface area contributed by atoms with Gasteiger partial charge in [-0.05, 0) is 24.6 Å². The molecule has 6 heteroatoms. The summed E-state index contributed by atoms with van der Waals surface area (Å²) in [5.74, 6) is 0.907. The minimum Gasteiger partial charge on any atom is -0.493 e. The van der Waals surface area contributed by atoms with Crippen molar-refractivity contribution in [2.24, 2.45) is 0 Å². The van der Waals surface area contributed by atoms with E-state index in [-0.39, 0.29) is 17.9 Å². The van der Waals surface area contributed by atoms with E-state index in [2.05, 4.69) is 10.6 Å². The second-order valence-electron chi connectivity index (χ2n) is 4.54. The first-order chi connectivity index (χ1) is 9.60. The van der Waals surface area contributed by atoms with E-state index in [1.54, 1.807) is 18.2 Å². The summed E-state index contributed by atoms with van der Waals surface area (Å²) in [6, 6.07) is 3.92. The lowest BCUT2D eigenvalue weighted by Gasteiger charge is -2.16. The Kier molecular flexibility index (Phi) is 4.12. The van der Waals surface area contributed by atoms with Crippen LogP contribution in [0.5, 0.6) is 11.5 Å². The molecule has 1 aliphatic rings. The number of carbonyl (C=O) groups is 2. The van der Waals surface area contributed by atoms with Gasteiger partial charge < -0.3 is 20.1 Å². The Morgan fingerprint density at radius 2 is 1.90 bits per heavy atom. The summed E-state index contributed by atoms with van der Waals surface area (Å²) < 4.78 is 10.3. The zero-order valence-corrected chi connectivity index (χ0v) is 11.7. The third kappa shape index (κ3) is 2.54. The minimum absolute atomic E-state index is 0.142. The SMILES string of the molecule is CCC1NC(=O)NC1C(=O)c1ccc(OC)c(OC)c1. The number of carbonyl (C=O) groups excluding carboxylic acids is 2. The van der Waals surface area contributed by atoms with Crippen LogP contribution in [0.3, 0.4) is 0 Å². The van der Waals surface area contributed by atoms with Crippen molar-refractivity contribution in [2.45, 2.75) is 25.4 Å². The molecule has 2 atom stereocenters. The summed E-state index contributed by atoms with van der Waals surface area (Å²) in [6.45, 7) is 1.92. The van der Waals surface area contributed by atoms with Crippen LogP contribution in [0.25, 0.3) is 0 Å². The van der Waals surface area contributed by atoms with Crippen molar-refractivity contribution in [3.05, 3.63) is 23.8 Å². The summed E-state index contributed by atoms with van der Waals surface area (Å²) in [7, 11) is 3.05. The molecule has 0 radical (unpaired) electrons. The van der Waals surface area contributed by atoms with Crippen molar-refractivity contribution in [1.82, 2.24) is 10.6 Å². The van der Waals surface area contributed by atoms with Crippen molar-refractivity contribution in [3.63, 3.8) is 0 Å². The highest BCUT2D eigenvalue weighted by Crippen LogP contribution is 2.28. The highest BCUT2D eigenvalue weighted by Gasteiger charge is 2.36. The third-order valence-corrected chi connectivity index (χ3v) is 3.40. The molecular weight excluding hydrogens is 260 g/mol. The molecule has 1 aromatic rings. The van der Waals surface area contributed by atoms with Crippen molar-refractivity contribution >= 4 is 11.8 Å². The van der Waals surface area contributed by atoms with Gasteiger partial charge in [0, 0.05) is 5.56 Å². The molecule has 1 fully saturated rings. The smallest absolute Gasteiger partial charge is 0.315 e. The first-order valence-electron chi connectivity index (χ1n) is 6.44. The molecule has 2 unspecified atom stereocenters. The molecule has 0 bridgehead atoms. The highest BCUT2D eigenvalue weighted by atomic mass is 16.5. The predicted molar refractivity (Wildman–Crippen MR) is 73.4 cm³/mol. The quantitative estimate of drug-likeness (QED) is 0.797. The van der Waals surface area contributed by atoms with Crippen LogP contribution >= 0.6 is 0 Å². The molecule has 20 heavy (non-hydrogen) atoms. The fourth-order valence-corrected chi connectivity index (χ4v) is 2.29. The maximum Gasteiger partial charge on any atom is 0.315 e. The molecule has 2 amide bonds.